The lowest BCUT2D eigenvalue weighted by Gasteiger charge is -1.98. The van der Waals surface area contributed by atoms with Gasteiger partial charge in [-0.2, -0.15) is 0 Å². The van der Waals surface area contributed by atoms with Crippen molar-refractivity contribution in [2.45, 2.75) is 5.33 Å². The first kappa shape index (κ1) is 9.25. The molecule has 0 saturated carbocycles. The van der Waals surface area contributed by atoms with Crippen LogP contribution in [0.4, 0.5) is 0 Å². The van der Waals surface area contributed by atoms with Crippen molar-refractivity contribution < 1.29 is 0 Å². The average Bonchev–Trinajstić information content (AvgIpc) is 1.88. The molecule has 3 heteroatoms. The third-order valence-electron chi connectivity index (χ3n) is 1.16. The highest BCUT2D eigenvalue weighted by molar-refractivity contribution is 14.1. The van der Waals surface area contributed by atoms with Gasteiger partial charge in [-0.05, 0) is 62.9 Å². The Morgan fingerprint density at radius 1 is 1.30 bits per heavy atom. The summed E-state index contributed by atoms with van der Waals surface area (Å²) in [5, 5.41) is 0.947. The van der Waals surface area contributed by atoms with Gasteiger partial charge in [-0.25, -0.2) is 0 Å². The van der Waals surface area contributed by atoms with Crippen molar-refractivity contribution in [3.63, 3.8) is 0 Å². The summed E-state index contributed by atoms with van der Waals surface area (Å²) in [7, 11) is 0. The van der Waals surface area contributed by atoms with E-state index in [0.29, 0.717) is 0 Å². The van der Waals surface area contributed by atoms with E-state index in [1.807, 2.05) is 0 Å². The highest BCUT2D eigenvalue weighted by atomic mass is 127. The molecule has 0 aliphatic carbocycles. The van der Waals surface area contributed by atoms with Crippen molar-refractivity contribution in [1.29, 1.82) is 0 Å². The number of hydrogen-bond acceptors (Lipinski definition) is 0. The number of hydrogen-bond donors (Lipinski definition) is 0. The molecule has 0 spiro atoms. The van der Waals surface area contributed by atoms with Crippen molar-refractivity contribution in [1.82, 2.24) is 0 Å². The molecule has 0 N–H and O–H groups in total. The average molecular weight is 423 g/mol. The van der Waals surface area contributed by atoms with Crippen molar-refractivity contribution >= 4 is 61.1 Å². The van der Waals surface area contributed by atoms with Gasteiger partial charge in [0.15, 0.2) is 0 Å². The van der Waals surface area contributed by atoms with Gasteiger partial charge >= 0.3 is 0 Å². The summed E-state index contributed by atoms with van der Waals surface area (Å²) < 4.78 is 2.63. The Bertz CT molecular complexity index is 235. The van der Waals surface area contributed by atoms with Gasteiger partial charge in [-0.3, -0.25) is 0 Å². The molecule has 1 rings (SSSR count). The van der Waals surface area contributed by atoms with Crippen LogP contribution in [0.3, 0.4) is 0 Å². The molecule has 0 saturated heterocycles. The molecule has 0 aliphatic rings. The van der Waals surface area contributed by atoms with Crippen LogP contribution in [-0.4, -0.2) is 0 Å². The van der Waals surface area contributed by atoms with Gasteiger partial charge < -0.3 is 0 Å². The van der Waals surface area contributed by atoms with Crippen LogP contribution >= 0.6 is 61.1 Å². The van der Waals surface area contributed by atoms with Crippen LogP contribution in [0.2, 0.25) is 0 Å². The van der Waals surface area contributed by atoms with Gasteiger partial charge in [0.2, 0.25) is 0 Å². The first-order valence-electron chi connectivity index (χ1n) is 2.74. The minimum atomic E-state index is 0.947. The Labute approximate surface area is 96.2 Å². The summed E-state index contributed by atoms with van der Waals surface area (Å²) >= 11 is 8.10. The molecule has 0 aliphatic heterocycles. The van der Waals surface area contributed by atoms with E-state index >= 15 is 0 Å². The maximum atomic E-state index is 3.43. The number of benzene rings is 1. The van der Waals surface area contributed by atoms with E-state index in [1.54, 1.807) is 0 Å². The molecule has 0 radical (unpaired) electrons. The monoisotopic (exact) mass is 422 g/mol. The molecule has 0 heterocycles. The van der Waals surface area contributed by atoms with E-state index in [2.05, 4.69) is 79.3 Å². The highest BCUT2D eigenvalue weighted by Crippen LogP contribution is 2.17. The van der Waals surface area contributed by atoms with Crippen LogP contribution < -0.4 is 0 Å². The lowest BCUT2D eigenvalue weighted by Crippen LogP contribution is -1.83. The largest absolute Gasteiger partial charge is 0.0876 e. The molecule has 10 heavy (non-hydrogen) atoms. The van der Waals surface area contributed by atoms with Gasteiger partial charge in [0.25, 0.3) is 0 Å². The van der Waals surface area contributed by atoms with Crippen LogP contribution in [0.1, 0.15) is 5.56 Å². The van der Waals surface area contributed by atoms with Crippen LogP contribution in [0.5, 0.6) is 0 Å². The topological polar surface area (TPSA) is 0 Å². The molecule has 1 aromatic rings. The zero-order chi connectivity index (χ0) is 7.56. The second-order valence-corrected chi connectivity index (χ2v) is 4.84. The number of halogens is 3. The molecular weight excluding hydrogens is 418 g/mol. The Morgan fingerprint density at radius 3 is 2.50 bits per heavy atom. The molecule has 54 valence electrons. The summed E-state index contributed by atoms with van der Waals surface area (Å²) in [5.41, 5.74) is 1.36. The molecule has 1 aromatic carbocycles. The highest BCUT2D eigenvalue weighted by Gasteiger charge is 1.96. The van der Waals surface area contributed by atoms with Crippen LogP contribution in [0, 0.1) is 7.14 Å². The molecule has 0 aromatic heterocycles. The fraction of sp³-hybridized carbons (Fsp3) is 0.143. The summed E-state index contributed by atoms with van der Waals surface area (Å²) in [6.45, 7) is 0. The van der Waals surface area contributed by atoms with E-state index in [0.717, 1.165) is 5.33 Å². The van der Waals surface area contributed by atoms with Gasteiger partial charge in [0.1, 0.15) is 0 Å². The van der Waals surface area contributed by atoms with Crippen LogP contribution in [-0.2, 0) is 5.33 Å². The first-order chi connectivity index (χ1) is 4.74. The van der Waals surface area contributed by atoms with E-state index in [4.69, 9.17) is 0 Å². The first-order valence-corrected chi connectivity index (χ1v) is 6.02. The summed E-state index contributed by atoms with van der Waals surface area (Å²) in [5.74, 6) is 0. The van der Waals surface area contributed by atoms with Gasteiger partial charge in [-0.1, -0.05) is 22.0 Å². The third kappa shape index (κ3) is 2.34. The molecule has 0 amide bonds. The normalized spacial score (nSPS) is 9.90. The standard InChI is InChI=1S/C7H5BrI2/c8-4-5-1-2-6(9)3-7(5)10/h1-3H,4H2. The van der Waals surface area contributed by atoms with Crippen LogP contribution in [0.15, 0.2) is 18.2 Å². The predicted octanol–water partition coefficient (Wildman–Crippen LogP) is 3.79. The second kappa shape index (κ2) is 4.25. The zero-order valence-electron chi connectivity index (χ0n) is 5.07. The predicted molar refractivity (Wildman–Crippen MR) is 64.5 cm³/mol. The van der Waals surface area contributed by atoms with Crippen molar-refractivity contribution in [3.05, 3.63) is 30.9 Å². The fourth-order valence-corrected chi connectivity index (χ4v) is 3.44. The van der Waals surface area contributed by atoms with E-state index in [-0.39, 0.29) is 0 Å². The maximum absolute atomic E-state index is 3.43. The zero-order valence-corrected chi connectivity index (χ0v) is 11.0. The minimum Gasteiger partial charge on any atom is -0.0876 e. The Kier molecular flexibility index (Phi) is 3.93. The quantitative estimate of drug-likeness (QED) is 0.477. The summed E-state index contributed by atoms with van der Waals surface area (Å²) in [4.78, 5) is 0. The summed E-state index contributed by atoms with van der Waals surface area (Å²) in [6.07, 6.45) is 0. The van der Waals surface area contributed by atoms with E-state index in [1.165, 1.54) is 12.7 Å². The van der Waals surface area contributed by atoms with Crippen molar-refractivity contribution in [2.75, 3.05) is 0 Å². The van der Waals surface area contributed by atoms with Gasteiger partial charge in [0.05, 0.1) is 0 Å². The lowest BCUT2D eigenvalue weighted by molar-refractivity contribution is 1.38. The molecular formula is C7H5BrI2. The van der Waals surface area contributed by atoms with Gasteiger partial charge in [0, 0.05) is 12.5 Å². The number of rotatable bonds is 1. The second-order valence-electron chi connectivity index (χ2n) is 1.87. The molecule has 0 nitrogen and oxygen atoms in total. The van der Waals surface area contributed by atoms with E-state index in [9.17, 15) is 0 Å². The maximum Gasteiger partial charge on any atom is 0.0293 e. The number of alkyl halides is 1. The third-order valence-corrected chi connectivity index (χ3v) is 3.44. The van der Waals surface area contributed by atoms with E-state index < -0.39 is 0 Å². The summed E-state index contributed by atoms with van der Waals surface area (Å²) in [6, 6.07) is 6.45. The smallest absolute Gasteiger partial charge is 0.0293 e. The Hall–Kier alpha value is 1.16. The SMILES string of the molecule is BrCc1ccc(I)cc1I. The lowest BCUT2D eigenvalue weighted by atomic mass is 10.2. The van der Waals surface area contributed by atoms with Gasteiger partial charge in [-0.15, -0.1) is 0 Å². The molecule has 0 unspecified atom stereocenters. The van der Waals surface area contributed by atoms with Crippen molar-refractivity contribution in [2.24, 2.45) is 0 Å². The Morgan fingerprint density at radius 2 is 2.00 bits per heavy atom. The van der Waals surface area contributed by atoms with Crippen molar-refractivity contribution in [3.8, 4) is 0 Å². The Balaban J connectivity index is 3.07. The molecule has 0 fully saturated rings. The minimum absolute atomic E-state index is 0.947. The molecule has 0 bridgehead atoms. The van der Waals surface area contributed by atoms with Crippen LogP contribution in [0.25, 0.3) is 0 Å². The fourth-order valence-electron chi connectivity index (χ4n) is 0.630. The molecule has 0 atom stereocenters.